The highest BCUT2D eigenvalue weighted by atomic mass is 35.5. The number of nitrogens with two attached hydrogens (primary N) is 1. The fourth-order valence-electron chi connectivity index (χ4n) is 3.72. The van der Waals surface area contributed by atoms with Gasteiger partial charge < -0.3 is 10.5 Å². The lowest BCUT2D eigenvalue weighted by molar-refractivity contribution is -0.0925. The van der Waals surface area contributed by atoms with Crippen LogP contribution in [-0.4, -0.2) is 28.0 Å². The second kappa shape index (κ2) is 6.67. The smallest absolute Gasteiger partial charge is 0.130 e. The Morgan fingerprint density at radius 3 is 2.81 bits per heavy atom. The van der Waals surface area contributed by atoms with Crippen molar-refractivity contribution in [2.24, 2.45) is 18.7 Å². The van der Waals surface area contributed by atoms with Crippen molar-refractivity contribution in [1.29, 1.82) is 0 Å². The summed E-state index contributed by atoms with van der Waals surface area (Å²) in [6, 6.07) is -0.0411. The maximum absolute atomic E-state index is 6.59. The number of aryl methyl sites for hydroxylation is 2. The number of aromatic nitrogens is 2. The predicted molar refractivity (Wildman–Crippen MR) is 86.6 cm³/mol. The van der Waals surface area contributed by atoms with Gasteiger partial charge in [-0.05, 0) is 39.0 Å². The predicted octanol–water partition coefficient (Wildman–Crippen LogP) is 3.24. The van der Waals surface area contributed by atoms with E-state index in [1.54, 1.807) is 4.68 Å². The summed E-state index contributed by atoms with van der Waals surface area (Å²) in [5.74, 6) is 0.668. The fraction of sp³-hybridized carbons (Fsp3) is 0.812. The number of rotatable bonds is 5. The van der Waals surface area contributed by atoms with Crippen molar-refractivity contribution in [2.45, 2.75) is 64.5 Å². The van der Waals surface area contributed by atoms with Crippen molar-refractivity contribution in [2.75, 3.05) is 6.61 Å². The van der Waals surface area contributed by atoms with Gasteiger partial charge in [0.25, 0.3) is 0 Å². The minimum atomic E-state index is -0.210. The van der Waals surface area contributed by atoms with Crippen LogP contribution in [0.2, 0.25) is 5.15 Å². The molecule has 3 unspecified atom stereocenters. The van der Waals surface area contributed by atoms with Gasteiger partial charge in [0.1, 0.15) is 5.15 Å². The van der Waals surface area contributed by atoms with Crippen molar-refractivity contribution in [3.63, 3.8) is 0 Å². The third-order valence-electron chi connectivity index (χ3n) is 4.79. The van der Waals surface area contributed by atoms with Crippen LogP contribution in [0, 0.1) is 12.8 Å². The Labute approximate surface area is 133 Å². The fourth-order valence-corrected chi connectivity index (χ4v) is 3.97. The van der Waals surface area contributed by atoms with Crippen molar-refractivity contribution < 1.29 is 4.74 Å². The first kappa shape index (κ1) is 16.8. The minimum absolute atomic E-state index is 0.0411. The maximum atomic E-state index is 6.59. The Kier molecular flexibility index (Phi) is 5.33. The van der Waals surface area contributed by atoms with E-state index in [0.717, 1.165) is 30.5 Å². The normalized spacial score (nSPS) is 27.8. The van der Waals surface area contributed by atoms with Gasteiger partial charge in [0.15, 0.2) is 0 Å². The van der Waals surface area contributed by atoms with E-state index in [1.165, 1.54) is 12.8 Å². The van der Waals surface area contributed by atoms with E-state index in [9.17, 15) is 0 Å². The molecule has 120 valence electrons. The van der Waals surface area contributed by atoms with Crippen molar-refractivity contribution in [3.05, 3.63) is 16.4 Å². The van der Waals surface area contributed by atoms with Gasteiger partial charge >= 0.3 is 0 Å². The molecule has 1 aromatic heterocycles. The van der Waals surface area contributed by atoms with Gasteiger partial charge in [-0.2, -0.15) is 5.10 Å². The van der Waals surface area contributed by atoms with Gasteiger partial charge in [-0.15, -0.1) is 0 Å². The van der Waals surface area contributed by atoms with Crippen LogP contribution in [0.3, 0.4) is 0 Å². The number of hydrogen-bond donors (Lipinski definition) is 1. The number of halogens is 1. The number of nitrogens with zero attached hydrogens (tertiary/aromatic N) is 2. The Hall–Kier alpha value is -0.580. The molecular weight excluding hydrogens is 286 g/mol. The number of ether oxygens (including phenoxy) is 1. The Morgan fingerprint density at radius 1 is 1.57 bits per heavy atom. The minimum Gasteiger partial charge on any atom is -0.374 e. The molecule has 1 fully saturated rings. The van der Waals surface area contributed by atoms with E-state index < -0.39 is 0 Å². The molecule has 1 aliphatic carbocycles. The lowest BCUT2D eigenvalue weighted by Crippen LogP contribution is -2.53. The monoisotopic (exact) mass is 313 g/mol. The molecule has 0 radical (unpaired) electrons. The zero-order valence-electron chi connectivity index (χ0n) is 13.7. The van der Waals surface area contributed by atoms with E-state index >= 15 is 0 Å². The average molecular weight is 314 g/mol. The second-order valence-electron chi connectivity index (χ2n) is 6.49. The molecule has 0 spiro atoms. The van der Waals surface area contributed by atoms with Crippen LogP contribution in [0.4, 0.5) is 0 Å². The van der Waals surface area contributed by atoms with E-state index in [0.29, 0.717) is 17.7 Å². The Balaban J connectivity index is 2.20. The first-order chi connectivity index (χ1) is 9.89. The molecule has 1 saturated carbocycles. The van der Waals surface area contributed by atoms with Crippen LogP contribution >= 0.6 is 11.6 Å². The van der Waals surface area contributed by atoms with E-state index in [4.69, 9.17) is 22.1 Å². The van der Waals surface area contributed by atoms with Crippen molar-refractivity contribution in [3.8, 4) is 0 Å². The largest absolute Gasteiger partial charge is 0.374 e. The van der Waals surface area contributed by atoms with Crippen LogP contribution in [-0.2, 0) is 18.2 Å². The second-order valence-corrected chi connectivity index (χ2v) is 6.85. The van der Waals surface area contributed by atoms with Crippen LogP contribution < -0.4 is 5.73 Å². The molecule has 1 aromatic rings. The quantitative estimate of drug-likeness (QED) is 0.908. The Morgan fingerprint density at radius 2 is 2.29 bits per heavy atom. The molecule has 5 heteroatoms. The topological polar surface area (TPSA) is 53.1 Å². The molecular formula is C16H28ClN3O. The van der Waals surface area contributed by atoms with E-state index in [2.05, 4.69) is 18.9 Å². The molecule has 1 aliphatic rings. The van der Waals surface area contributed by atoms with Gasteiger partial charge in [-0.3, -0.25) is 4.68 Å². The lowest BCUT2D eigenvalue weighted by atomic mass is 9.73. The summed E-state index contributed by atoms with van der Waals surface area (Å²) in [7, 11) is 1.87. The summed E-state index contributed by atoms with van der Waals surface area (Å²) in [5, 5.41) is 5.07. The highest BCUT2D eigenvalue weighted by Crippen LogP contribution is 2.38. The maximum Gasteiger partial charge on any atom is 0.130 e. The lowest BCUT2D eigenvalue weighted by Gasteiger charge is -2.44. The first-order valence-electron chi connectivity index (χ1n) is 7.97. The molecule has 0 aromatic carbocycles. The zero-order chi connectivity index (χ0) is 15.6. The third kappa shape index (κ3) is 3.43. The molecule has 21 heavy (non-hydrogen) atoms. The van der Waals surface area contributed by atoms with Gasteiger partial charge in [-0.25, -0.2) is 0 Å². The molecule has 3 atom stereocenters. The number of hydrogen-bond acceptors (Lipinski definition) is 3. The molecule has 0 aliphatic heterocycles. The van der Waals surface area contributed by atoms with Crippen molar-refractivity contribution in [1.82, 2.24) is 9.78 Å². The van der Waals surface area contributed by atoms with E-state index in [1.807, 2.05) is 14.0 Å². The van der Waals surface area contributed by atoms with Gasteiger partial charge in [0.2, 0.25) is 0 Å². The van der Waals surface area contributed by atoms with Gasteiger partial charge in [0, 0.05) is 25.3 Å². The SMILES string of the molecule is CCOC1(C(N)Cc2c(C)nn(C)c2Cl)CCCC(C)C1. The van der Waals surface area contributed by atoms with Crippen LogP contribution in [0.5, 0.6) is 0 Å². The van der Waals surface area contributed by atoms with Crippen LogP contribution in [0.1, 0.15) is 50.8 Å². The van der Waals surface area contributed by atoms with Gasteiger partial charge in [0.05, 0.1) is 11.3 Å². The molecule has 2 rings (SSSR count). The highest BCUT2D eigenvalue weighted by molar-refractivity contribution is 6.30. The molecule has 1 heterocycles. The standard InChI is InChI=1S/C16H28ClN3O/c1-5-21-16(8-6-7-11(2)10-16)14(18)9-13-12(3)19-20(4)15(13)17/h11,14H,5-10,18H2,1-4H3. The molecule has 0 bridgehead atoms. The first-order valence-corrected chi connectivity index (χ1v) is 8.35. The van der Waals surface area contributed by atoms with Crippen LogP contribution in [0.25, 0.3) is 0 Å². The molecule has 4 nitrogen and oxygen atoms in total. The zero-order valence-corrected chi connectivity index (χ0v) is 14.4. The molecule has 2 N–H and O–H groups in total. The van der Waals surface area contributed by atoms with Crippen LogP contribution in [0.15, 0.2) is 0 Å². The van der Waals surface area contributed by atoms with Crippen molar-refractivity contribution >= 4 is 11.6 Å². The average Bonchev–Trinajstić information content (AvgIpc) is 2.65. The summed E-state index contributed by atoms with van der Waals surface area (Å²) in [5.41, 5.74) is 8.41. The summed E-state index contributed by atoms with van der Waals surface area (Å²) in [6.07, 6.45) is 5.27. The highest BCUT2D eigenvalue weighted by Gasteiger charge is 2.41. The van der Waals surface area contributed by atoms with E-state index in [-0.39, 0.29) is 11.6 Å². The molecule has 0 amide bonds. The Bertz CT molecular complexity index is 484. The summed E-state index contributed by atoms with van der Waals surface area (Å²) in [6.45, 7) is 7.04. The summed E-state index contributed by atoms with van der Waals surface area (Å²) >= 11 is 6.35. The molecule has 0 saturated heterocycles. The van der Waals surface area contributed by atoms with Gasteiger partial charge in [-0.1, -0.05) is 31.4 Å². The summed E-state index contributed by atoms with van der Waals surface area (Å²) in [4.78, 5) is 0. The third-order valence-corrected chi connectivity index (χ3v) is 5.27. The summed E-state index contributed by atoms with van der Waals surface area (Å²) < 4.78 is 7.88.